The first-order valence-corrected chi connectivity index (χ1v) is 12.7. The van der Waals surface area contributed by atoms with Crippen molar-refractivity contribution in [1.29, 1.82) is 0 Å². The normalized spacial score (nSPS) is 13.5. The van der Waals surface area contributed by atoms with E-state index in [1.54, 1.807) is 0 Å². The zero-order chi connectivity index (χ0) is 26.2. The van der Waals surface area contributed by atoms with Crippen molar-refractivity contribution in [3.63, 3.8) is 0 Å². The molecule has 2 N–H and O–H groups in total. The lowest BCUT2D eigenvalue weighted by atomic mass is 10.1. The van der Waals surface area contributed by atoms with Gasteiger partial charge in [-0.3, -0.25) is 0 Å². The minimum Gasteiger partial charge on any atom is -0.492 e. The number of nitrogens with zero attached hydrogens (tertiary/aromatic N) is 4. The number of carbonyl (C=O) groups is 1. The zero-order valence-corrected chi connectivity index (χ0v) is 22.1. The molecule has 0 bridgehead atoms. The lowest BCUT2D eigenvalue weighted by Crippen LogP contribution is -2.37. The lowest BCUT2D eigenvalue weighted by Gasteiger charge is -2.29. The van der Waals surface area contributed by atoms with E-state index in [9.17, 15) is 4.79 Å². The number of hydrogen-bond donors (Lipinski definition) is 2. The molecule has 2 heterocycles. The molecule has 1 aromatic heterocycles. The zero-order valence-electron chi connectivity index (χ0n) is 22.1. The monoisotopic (exact) mass is 504 g/mol. The van der Waals surface area contributed by atoms with Gasteiger partial charge in [0.15, 0.2) is 5.82 Å². The van der Waals surface area contributed by atoms with Gasteiger partial charge in [0.1, 0.15) is 18.2 Å². The highest BCUT2D eigenvalue weighted by Gasteiger charge is 2.19. The number of likely N-dealkylation sites (N-methyl/N-ethyl adjacent to an activating group) is 1. The highest BCUT2D eigenvalue weighted by atomic mass is 16.5. The molecule has 0 saturated carbocycles. The summed E-state index contributed by atoms with van der Waals surface area (Å²) < 4.78 is 11.2. The van der Waals surface area contributed by atoms with Crippen LogP contribution in [0.2, 0.25) is 0 Å². The van der Waals surface area contributed by atoms with Gasteiger partial charge in [-0.15, -0.1) is 0 Å². The number of ether oxygens (including phenoxy) is 2. The number of benzene rings is 2. The van der Waals surface area contributed by atoms with Crippen LogP contribution in [-0.2, 0) is 11.2 Å². The van der Waals surface area contributed by atoms with Crippen LogP contribution in [0.3, 0.4) is 0 Å². The van der Waals surface area contributed by atoms with Crippen molar-refractivity contribution >= 4 is 23.2 Å². The molecule has 4 rings (SSSR count). The predicted octanol–water partition coefficient (Wildman–Crippen LogP) is 4.44. The third kappa shape index (κ3) is 7.18. The number of anilines is 3. The van der Waals surface area contributed by atoms with E-state index in [0.29, 0.717) is 37.0 Å². The van der Waals surface area contributed by atoms with E-state index in [1.165, 1.54) is 0 Å². The fraction of sp³-hybridized carbons (Fsp3) is 0.393. The Kier molecular flexibility index (Phi) is 8.92. The molecule has 0 unspecified atom stereocenters. The number of rotatable bonds is 9. The fourth-order valence-electron chi connectivity index (χ4n) is 4.08. The number of morpholine rings is 1. The maximum Gasteiger partial charge on any atom is 0.323 e. The average Bonchev–Trinajstić information content (AvgIpc) is 2.90. The van der Waals surface area contributed by atoms with E-state index in [4.69, 9.17) is 19.4 Å². The number of urea groups is 1. The molecule has 1 aliphatic rings. The summed E-state index contributed by atoms with van der Waals surface area (Å²) >= 11 is 0. The molecule has 0 atom stereocenters. The number of hydrogen-bond acceptors (Lipinski definition) is 7. The van der Waals surface area contributed by atoms with Gasteiger partial charge in [0.2, 0.25) is 0 Å². The smallest absolute Gasteiger partial charge is 0.323 e. The maximum absolute atomic E-state index is 12.5. The van der Waals surface area contributed by atoms with Gasteiger partial charge < -0.3 is 29.9 Å². The summed E-state index contributed by atoms with van der Waals surface area (Å²) in [6.45, 7) is 8.71. The van der Waals surface area contributed by atoms with Gasteiger partial charge in [0, 0.05) is 47.8 Å². The Morgan fingerprint density at radius 1 is 1.00 bits per heavy atom. The Labute approximate surface area is 218 Å². The van der Waals surface area contributed by atoms with E-state index in [-0.39, 0.29) is 6.03 Å². The number of amides is 2. The standard InChI is InChI=1S/C28H36N6O3/c1-5-25-20(2)27(34-15-17-36-18-16-34)32-26(31-25)21-6-8-22(9-7-21)29-28(35)30-23-10-12-24(13-11-23)37-19-14-33(3)4/h6-13H,5,14-19H2,1-4H3,(H2,29,30,35). The highest BCUT2D eigenvalue weighted by Crippen LogP contribution is 2.27. The molecule has 0 aliphatic carbocycles. The van der Waals surface area contributed by atoms with Crippen LogP contribution in [0, 0.1) is 6.92 Å². The van der Waals surface area contributed by atoms with Crippen molar-refractivity contribution in [2.45, 2.75) is 20.3 Å². The van der Waals surface area contributed by atoms with Crippen LogP contribution in [0.4, 0.5) is 22.0 Å². The van der Waals surface area contributed by atoms with Gasteiger partial charge in [-0.2, -0.15) is 0 Å². The first kappa shape index (κ1) is 26.4. The van der Waals surface area contributed by atoms with Crippen molar-refractivity contribution in [3.8, 4) is 17.1 Å². The minimum absolute atomic E-state index is 0.316. The molecule has 0 radical (unpaired) electrons. The van der Waals surface area contributed by atoms with Gasteiger partial charge in [0.25, 0.3) is 0 Å². The van der Waals surface area contributed by atoms with Crippen molar-refractivity contribution in [3.05, 3.63) is 59.8 Å². The second-order valence-corrected chi connectivity index (χ2v) is 9.23. The highest BCUT2D eigenvalue weighted by molar-refractivity contribution is 5.99. The van der Waals surface area contributed by atoms with E-state index in [0.717, 1.165) is 54.4 Å². The molecule has 0 spiro atoms. The Hall–Kier alpha value is -3.69. The van der Waals surface area contributed by atoms with Crippen molar-refractivity contribution < 1.29 is 14.3 Å². The summed E-state index contributed by atoms with van der Waals surface area (Å²) in [7, 11) is 4.01. The summed E-state index contributed by atoms with van der Waals surface area (Å²) in [5, 5.41) is 5.72. The largest absolute Gasteiger partial charge is 0.492 e. The van der Waals surface area contributed by atoms with Crippen LogP contribution in [0.15, 0.2) is 48.5 Å². The Bertz CT molecular complexity index is 1180. The molecule has 1 fully saturated rings. The molecule has 1 saturated heterocycles. The molecule has 9 nitrogen and oxygen atoms in total. The van der Waals surface area contributed by atoms with Gasteiger partial charge in [0.05, 0.1) is 13.2 Å². The van der Waals surface area contributed by atoms with Crippen LogP contribution in [0.5, 0.6) is 5.75 Å². The Morgan fingerprint density at radius 3 is 2.22 bits per heavy atom. The summed E-state index contributed by atoms with van der Waals surface area (Å²) in [5.41, 5.74) is 4.43. The van der Waals surface area contributed by atoms with Crippen LogP contribution in [0.25, 0.3) is 11.4 Å². The second-order valence-electron chi connectivity index (χ2n) is 9.23. The average molecular weight is 505 g/mol. The predicted molar refractivity (Wildman–Crippen MR) is 148 cm³/mol. The van der Waals surface area contributed by atoms with E-state index >= 15 is 0 Å². The van der Waals surface area contributed by atoms with Crippen LogP contribution < -0.4 is 20.3 Å². The Balaban J connectivity index is 1.38. The van der Waals surface area contributed by atoms with Crippen LogP contribution >= 0.6 is 0 Å². The van der Waals surface area contributed by atoms with E-state index in [1.807, 2.05) is 62.6 Å². The van der Waals surface area contributed by atoms with Crippen LogP contribution in [0.1, 0.15) is 18.2 Å². The first-order valence-electron chi connectivity index (χ1n) is 12.7. The molecule has 37 heavy (non-hydrogen) atoms. The molecular weight excluding hydrogens is 468 g/mol. The topological polar surface area (TPSA) is 91.8 Å². The molecule has 3 aromatic rings. The van der Waals surface area contributed by atoms with Crippen molar-refractivity contribution in [2.24, 2.45) is 0 Å². The van der Waals surface area contributed by atoms with E-state index < -0.39 is 0 Å². The molecular formula is C28H36N6O3. The quantitative estimate of drug-likeness (QED) is 0.445. The summed E-state index contributed by atoms with van der Waals surface area (Å²) in [6.07, 6.45) is 0.835. The lowest BCUT2D eigenvalue weighted by molar-refractivity contribution is 0.122. The molecule has 2 amide bonds. The van der Waals surface area contributed by atoms with Gasteiger partial charge >= 0.3 is 6.03 Å². The van der Waals surface area contributed by atoms with Gasteiger partial charge in [-0.25, -0.2) is 14.8 Å². The minimum atomic E-state index is -0.316. The van der Waals surface area contributed by atoms with Crippen molar-refractivity contribution in [2.75, 3.05) is 69.1 Å². The molecule has 9 heteroatoms. The fourth-order valence-corrected chi connectivity index (χ4v) is 4.08. The van der Waals surface area contributed by atoms with Gasteiger partial charge in [-0.05, 0) is 76.0 Å². The SMILES string of the molecule is CCc1nc(-c2ccc(NC(=O)Nc3ccc(OCCN(C)C)cc3)cc2)nc(N2CCOCC2)c1C. The van der Waals surface area contributed by atoms with Crippen LogP contribution in [-0.4, -0.2) is 74.4 Å². The third-order valence-electron chi connectivity index (χ3n) is 6.19. The second kappa shape index (κ2) is 12.5. The summed E-state index contributed by atoms with van der Waals surface area (Å²) in [4.78, 5) is 26.6. The number of nitrogens with one attached hydrogen (secondary N) is 2. The molecule has 1 aliphatic heterocycles. The number of aromatic nitrogens is 2. The number of aryl methyl sites for hydroxylation is 1. The summed E-state index contributed by atoms with van der Waals surface area (Å²) in [5.74, 6) is 2.43. The Morgan fingerprint density at radius 2 is 1.62 bits per heavy atom. The molecule has 196 valence electrons. The van der Waals surface area contributed by atoms with E-state index in [2.05, 4.69) is 34.3 Å². The third-order valence-corrected chi connectivity index (χ3v) is 6.19. The van der Waals surface area contributed by atoms with Crippen molar-refractivity contribution in [1.82, 2.24) is 14.9 Å². The maximum atomic E-state index is 12.5. The first-order chi connectivity index (χ1) is 17.9. The number of carbonyl (C=O) groups excluding carboxylic acids is 1. The molecule has 2 aromatic carbocycles. The summed E-state index contributed by atoms with van der Waals surface area (Å²) in [6, 6.07) is 14.6. The van der Waals surface area contributed by atoms with Gasteiger partial charge in [-0.1, -0.05) is 6.92 Å².